The van der Waals surface area contributed by atoms with Crippen LogP contribution in [0.2, 0.25) is 0 Å². The topological polar surface area (TPSA) is 46.5 Å². The van der Waals surface area contributed by atoms with Gasteiger partial charge < -0.3 is 9.84 Å². The lowest BCUT2D eigenvalue weighted by atomic mass is 10.0. The molecule has 1 aromatic carbocycles. The highest BCUT2D eigenvalue weighted by Crippen LogP contribution is 2.13. The number of rotatable bonds is 7. The minimum absolute atomic E-state index is 0.179. The number of carbonyl (C=O) groups excluding carboxylic acids is 1. The van der Waals surface area contributed by atoms with E-state index in [0.29, 0.717) is 18.4 Å². The second kappa shape index (κ2) is 7.67. The van der Waals surface area contributed by atoms with Gasteiger partial charge in [-0.3, -0.25) is 4.79 Å². The zero-order chi connectivity index (χ0) is 13.4. The van der Waals surface area contributed by atoms with Crippen molar-refractivity contribution >= 4 is 5.97 Å². The van der Waals surface area contributed by atoms with Gasteiger partial charge >= 0.3 is 5.97 Å². The standard InChI is InChI=1S/C15H20O3/c1-12(11-15(17)18-2)10-14(16)9-8-13-6-4-3-5-7-13/h3-7,14,16H,1,8-11H2,2H3/t14-/m1/s1. The van der Waals surface area contributed by atoms with Gasteiger partial charge in [-0.2, -0.15) is 0 Å². The minimum atomic E-state index is -0.456. The molecule has 0 fully saturated rings. The molecule has 3 heteroatoms. The Morgan fingerprint density at radius 3 is 2.67 bits per heavy atom. The minimum Gasteiger partial charge on any atom is -0.469 e. The SMILES string of the molecule is C=C(CC(=O)OC)C[C@H](O)CCc1ccccc1. The Morgan fingerprint density at radius 2 is 2.06 bits per heavy atom. The van der Waals surface area contributed by atoms with Crippen molar-refractivity contribution in [2.24, 2.45) is 0 Å². The third kappa shape index (κ3) is 5.64. The lowest BCUT2D eigenvalue weighted by Gasteiger charge is -2.12. The molecule has 1 atom stereocenters. The predicted molar refractivity (Wildman–Crippen MR) is 71.2 cm³/mol. The summed E-state index contributed by atoms with van der Waals surface area (Å²) < 4.78 is 4.55. The number of ether oxygens (including phenoxy) is 1. The summed E-state index contributed by atoms with van der Waals surface area (Å²) in [5.41, 5.74) is 1.91. The molecular formula is C15H20O3. The van der Waals surface area contributed by atoms with Crippen LogP contribution in [-0.2, 0) is 16.0 Å². The van der Waals surface area contributed by atoms with Crippen LogP contribution in [0, 0.1) is 0 Å². The number of aryl methyl sites for hydroxylation is 1. The van der Waals surface area contributed by atoms with E-state index < -0.39 is 6.10 Å². The number of benzene rings is 1. The second-order valence-corrected chi connectivity index (χ2v) is 4.39. The van der Waals surface area contributed by atoms with Gasteiger partial charge in [-0.1, -0.05) is 42.5 Å². The van der Waals surface area contributed by atoms with Crippen molar-refractivity contribution in [2.75, 3.05) is 7.11 Å². The number of methoxy groups -OCH3 is 1. The predicted octanol–water partition coefficient (Wildman–Crippen LogP) is 2.49. The number of aliphatic hydroxyl groups excluding tert-OH is 1. The maximum absolute atomic E-state index is 11.0. The maximum atomic E-state index is 11.0. The van der Waals surface area contributed by atoms with Crippen LogP contribution in [0.5, 0.6) is 0 Å². The van der Waals surface area contributed by atoms with E-state index in [1.54, 1.807) is 0 Å². The van der Waals surface area contributed by atoms with E-state index in [1.807, 2.05) is 30.3 Å². The Balaban J connectivity index is 2.27. The van der Waals surface area contributed by atoms with Crippen LogP contribution in [-0.4, -0.2) is 24.3 Å². The average Bonchev–Trinajstić information content (AvgIpc) is 2.37. The van der Waals surface area contributed by atoms with Gasteiger partial charge in [-0.25, -0.2) is 0 Å². The third-order valence-corrected chi connectivity index (χ3v) is 2.76. The Morgan fingerprint density at radius 1 is 1.39 bits per heavy atom. The molecule has 18 heavy (non-hydrogen) atoms. The molecule has 0 saturated carbocycles. The van der Waals surface area contributed by atoms with Gasteiger partial charge in [0.15, 0.2) is 0 Å². The molecule has 0 amide bonds. The van der Waals surface area contributed by atoms with Gasteiger partial charge in [0.25, 0.3) is 0 Å². The van der Waals surface area contributed by atoms with Crippen LogP contribution in [0.1, 0.15) is 24.8 Å². The molecule has 1 N–H and O–H groups in total. The fourth-order valence-corrected chi connectivity index (χ4v) is 1.76. The fourth-order valence-electron chi connectivity index (χ4n) is 1.76. The Labute approximate surface area is 108 Å². The van der Waals surface area contributed by atoms with Crippen LogP contribution in [0.25, 0.3) is 0 Å². The van der Waals surface area contributed by atoms with Gasteiger partial charge in [0.1, 0.15) is 0 Å². The quantitative estimate of drug-likeness (QED) is 0.595. The highest BCUT2D eigenvalue weighted by atomic mass is 16.5. The van der Waals surface area contributed by atoms with Gasteiger partial charge in [0, 0.05) is 0 Å². The first-order valence-corrected chi connectivity index (χ1v) is 6.07. The zero-order valence-corrected chi connectivity index (χ0v) is 10.8. The molecule has 0 aliphatic carbocycles. The third-order valence-electron chi connectivity index (χ3n) is 2.76. The molecule has 1 rings (SSSR count). The smallest absolute Gasteiger partial charge is 0.309 e. The van der Waals surface area contributed by atoms with E-state index in [0.717, 1.165) is 6.42 Å². The summed E-state index contributed by atoms with van der Waals surface area (Å²) in [5, 5.41) is 9.85. The number of esters is 1. The summed E-state index contributed by atoms with van der Waals surface area (Å²) in [7, 11) is 1.35. The molecular weight excluding hydrogens is 228 g/mol. The van der Waals surface area contributed by atoms with Crippen LogP contribution in [0.3, 0.4) is 0 Å². The number of carbonyl (C=O) groups is 1. The Kier molecular flexibility index (Phi) is 6.15. The number of hydrogen-bond donors (Lipinski definition) is 1. The molecule has 0 aromatic heterocycles. The average molecular weight is 248 g/mol. The fraction of sp³-hybridized carbons (Fsp3) is 0.400. The molecule has 0 heterocycles. The normalized spacial score (nSPS) is 11.9. The van der Waals surface area contributed by atoms with Gasteiger partial charge in [-0.05, 0) is 24.8 Å². The molecule has 1 aromatic rings. The largest absolute Gasteiger partial charge is 0.469 e. The molecule has 0 bridgehead atoms. The molecule has 0 radical (unpaired) electrons. The maximum Gasteiger partial charge on any atom is 0.309 e. The lowest BCUT2D eigenvalue weighted by molar-refractivity contribution is -0.139. The molecule has 3 nitrogen and oxygen atoms in total. The van der Waals surface area contributed by atoms with Crippen LogP contribution in [0.15, 0.2) is 42.5 Å². The molecule has 0 spiro atoms. The summed E-state index contributed by atoms with van der Waals surface area (Å²) in [4.78, 5) is 11.0. The number of aliphatic hydroxyl groups is 1. The first-order valence-electron chi connectivity index (χ1n) is 6.07. The van der Waals surface area contributed by atoms with Crippen molar-refractivity contribution in [1.29, 1.82) is 0 Å². The molecule has 0 unspecified atom stereocenters. The number of hydrogen-bond acceptors (Lipinski definition) is 3. The van der Waals surface area contributed by atoms with Gasteiger partial charge in [-0.15, -0.1) is 0 Å². The van der Waals surface area contributed by atoms with Crippen LogP contribution >= 0.6 is 0 Å². The van der Waals surface area contributed by atoms with Gasteiger partial charge in [0.2, 0.25) is 0 Å². The van der Waals surface area contributed by atoms with Gasteiger partial charge in [0.05, 0.1) is 19.6 Å². The monoisotopic (exact) mass is 248 g/mol. The summed E-state index contributed by atoms with van der Waals surface area (Å²) in [6.07, 6.45) is 1.67. The molecule has 0 aliphatic heterocycles. The van der Waals surface area contributed by atoms with E-state index in [4.69, 9.17) is 0 Å². The second-order valence-electron chi connectivity index (χ2n) is 4.39. The lowest BCUT2D eigenvalue weighted by Crippen LogP contribution is -2.11. The first kappa shape index (κ1) is 14.5. The highest BCUT2D eigenvalue weighted by Gasteiger charge is 2.10. The first-order chi connectivity index (χ1) is 8.61. The van der Waals surface area contributed by atoms with Crippen molar-refractivity contribution in [2.45, 2.75) is 31.8 Å². The van der Waals surface area contributed by atoms with E-state index >= 15 is 0 Å². The van der Waals surface area contributed by atoms with E-state index in [9.17, 15) is 9.90 Å². The van der Waals surface area contributed by atoms with Crippen molar-refractivity contribution in [3.05, 3.63) is 48.0 Å². The highest BCUT2D eigenvalue weighted by molar-refractivity contribution is 5.72. The summed E-state index contributed by atoms with van der Waals surface area (Å²) >= 11 is 0. The summed E-state index contributed by atoms with van der Waals surface area (Å²) in [6, 6.07) is 10.0. The zero-order valence-electron chi connectivity index (χ0n) is 10.8. The van der Waals surface area contributed by atoms with E-state index in [-0.39, 0.29) is 12.4 Å². The van der Waals surface area contributed by atoms with Crippen molar-refractivity contribution in [3.8, 4) is 0 Å². The van der Waals surface area contributed by atoms with Crippen LogP contribution < -0.4 is 0 Å². The van der Waals surface area contributed by atoms with Crippen molar-refractivity contribution in [1.82, 2.24) is 0 Å². The van der Waals surface area contributed by atoms with Crippen molar-refractivity contribution in [3.63, 3.8) is 0 Å². The molecule has 98 valence electrons. The Bertz CT molecular complexity index is 384. The van der Waals surface area contributed by atoms with Crippen LogP contribution in [0.4, 0.5) is 0 Å². The Hall–Kier alpha value is -1.61. The molecule has 0 aliphatic rings. The van der Waals surface area contributed by atoms with Crippen molar-refractivity contribution < 1.29 is 14.6 Å². The molecule has 0 saturated heterocycles. The van der Waals surface area contributed by atoms with E-state index in [1.165, 1.54) is 12.7 Å². The summed E-state index contributed by atoms with van der Waals surface area (Å²) in [5.74, 6) is -0.310. The summed E-state index contributed by atoms with van der Waals surface area (Å²) in [6.45, 7) is 3.78. The van der Waals surface area contributed by atoms with E-state index in [2.05, 4.69) is 11.3 Å².